The summed E-state index contributed by atoms with van der Waals surface area (Å²) in [5, 5.41) is 6.83. The molecular weight excluding hydrogens is 1250 g/mol. The summed E-state index contributed by atoms with van der Waals surface area (Å²) in [6.07, 6.45) is 1.01. The van der Waals surface area contributed by atoms with E-state index >= 15 is 0 Å². The molecule has 12 nitrogen and oxygen atoms in total. The van der Waals surface area contributed by atoms with Gasteiger partial charge in [-0.25, -0.2) is 14.4 Å². The van der Waals surface area contributed by atoms with E-state index in [4.69, 9.17) is 31.4 Å². The smallest absolute Gasteiger partial charge is 0.338 e. The number of esters is 3. The SMILES string of the molecule is Cc1cc(C)cc(C(=O)OCc2ccc(C(CN)C(=O)Cc3ccc4ccccc4c3)cc2)c1.Cc1ccc(C(=O)OCc2ccc(C(CN)C(=O)Cc3ccc4ccccc4c3)cc2)c(C)c1.Cc1ccc(C(=O)OCc2ccc(C(CN)C(=O)Cc3ccc4ccccc4c3)cc2)cc1. The number of hydrogen-bond donors (Lipinski definition) is 3. The van der Waals surface area contributed by atoms with Crippen LogP contribution in [0.4, 0.5) is 0 Å². The second-order valence-corrected chi connectivity index (χ2v) is 25.9. The fourth-order valence-electron chi connectivity index (χ4n) is 12.4. The van der Waals surface area contributed by atoms with Crippen molar-refractivity contribution in [3.63, 3.8) is 0 Å². The van der Waals surface area contributed by atoms with Crippen LogP contribution in [-0.2, 0) is 67.7 Å². The molecule has 12 aromatic rings. The summed E-state index contributed by atoms with van der Waals surface area (Å²) in [4.78, 5) is 76.1. The molecule has 0 aliphatic rings. The van der Waals surface area contributed by atoms with Crippen LogP contribution in [0, 0.1) is 34.6 Å². The molecular formula is C89H85N3O9. The second-order valence-electron chi connectivity index (χ2n) is 25.9. The lowest BCUT2D eigenvalue weighted by atomic mass is 9.90. The van der Waals surface area contributed by atoms with Gasteiger partial charge in [-0.3, -0.25) is 14.4 Å². The van der Waals surface area contributed by atoms with Crippen LogP contribution in [0.15, 0.2) is 261 Å². The van der Waals surface area contributed by atoms with Gasteiger partial charge in [0, 0.05) is 38.9 Å². The van der Waals surface area contributed by atoms with E-state index in [0.717, 1.165) is 110 Å². The van der Waals surface area contributed by atoms with Crippen molar-refractivity contribution in [3.05, 3.63) is 355 Å². The molecule has 12 aromatic carbocycles. The van der Waals surface area contributed by atoms with E-state index in [1.807, 2.05) is 229 Å². The van der Waals surface area contributed by atoms with Gasteiger partial charge in [0.15, 0.2) is 0 Å². The molecule has 12 heteroatoms. The Morgan fingerprint density at radius 3 is 0.950 bits per heavy atom. The van der Waals surface area contributed by atoms with Crippen LogP contribution < -0.4 is 17.2 Å². The molecule has 0 aliphatic carbocycles. The van der Waals surface area contributed by atoms with Crippen LogP contribution in [0.3, 0.4) is 0 Å². The summed E-state index contributed by atoms with van der Waals surface area (Å²) in [5.41, 5.74) is 32.9. The monoisotopic (exact) mass is 1340 g/mol. The van der Waals surface area contributed by atoms with Crippen LogP contribution >= 0.6 is 0 Å². The highest BCUT2D eigenvalue weighted by molar-refractivity contribution is 5.94. The summed E-state index contributed by atoms with van der Waals surface area (Å²) in [6, 6.07) is 84.0. The number of carbonyl (C=O) groups excluding carboxylic acids is 6. The largest absolute Gasteiger partial charge is 0.457 e. The van der Waals surface area contributed by atoms with Crippen molar-refractivity contribution >= 4 is 67.6 Å². The van der Waals surface area contributed by atoms with Crippen molar-refractivity contribution in [3.8, 4) is 0 Å². The van der Waals surface area contributed by atoms with E-state index in [1.54, 1.807) is 18.2 Å². The van der Waals surface area contributed by atoms with E-state index in [1.165, 1.54) is 0 Å². The minimum Gasteiger partial charge on any atom is -0.457 e. The van der Waals surface area contributed by atoms with E-state index in [2.05, 4.69) is 48.5 Å². The van der Waals surface area contributed by atoms with Crippen LogP contribution in [0.5, 0.6) is 0 Å². The molecule has 12 rings (SSSR count). The average Bonchev–Trinajstić information content (AvgIpc) is 0.842. The van der Waals surface area contributed by atoms with Crippen molar-refractivity contribution < 1.29 is 43.0 Å². The molecule has 0 saturated heterocycles. The second kappa shape index (κ2) is 35.0. The quantitative estimate of drug-likeness (QED) is 0.0381. The van der Waals surface area contributed by atoms with Gasteiger partial charge in [-0.05, 0) is 153 Å². The number of benzene rings is 12. The first-order valence-electron chi connectivity index (χ1n) is 34.0. The Morgan fingerprint density at radius 2 is 0.604 bits per heavy atom. The van der Waals surface area contributed by atoms with Crippen molar-refractivity contribution in [2.24, 2.45) is 17.2 Å². The summed E-state index contributed by atoms with van der Waals surface area (Å²) >= 11 is 0. The van der Waals surface area contributed by atoms with Gasteiger partial charge in [-0.2, -0.15) is 0 Å². The Labute approximate surface area is 591 Å². The molecule has 3 unspecified atom stereocenters. The Bertz CT molecular complexity index is 4870. The summed E-state index contributed by atoms with van der Waals surface area (Å²) < 4.78 is 16.4. The first-order chi connectivity index (χ1) is 48.9. The van der Waals surface area contributed by atoms with E-state index in [0.29, 0.717) is 36.0 Å². The molecule has 510 valence electrons. The van der Waals surface area contributed by atoms with Crippen LogP contribution in [0.1, 0.15) is 127 Å². The highest BCUT2D eigenvalue weighted by Gasteiger charge is 2.23. The normalized spacial score (nSPS) is 11.8. The molecule has 6 N–H and O–H groups in total. The average molecular weight is 1340 g/mol. The Kier molecular flexibility index (Phi) is 25.1. The number of rotatable bonds is 24. The number of aryl methyl sites for hydroxylation is 5. The molecule has 0 aliphatic heterocycles. The van der Waals surface area contributed by atoms with Crippen molar-refractivity contribution in [2.45, 2.75) is 91.5 Å². The van der Waals surface area contributed by atoms with Gasteiger partial charge in [-0.1, -0.05) is 253 Å². The van der Waals surface area contributed by atoms with Gasteiger partial charge in [0.1, 0.15) is 37.2 Å². The molecule has 3 atom stereocenters. The predicted molar refractivity (Wildman–Crippen MR) is 403 cm³/mol. The molecule has 0 heterocycles. The Morgan fingerprint density at radius 1 is 0.287 bits per heavy atom. The Balaban J connectivity index is 0.000000163. The summed E-state index contributed by atoms with van der Waals surface area (Å²) in [7, 11) is 0. The molecule has 0 aromatic heterocycles. The zero-order valence-electron chi connectivity index (χ0n) is 57.8. The molecule has 0 saturated carbocycles. The van der Waals surface area contributed by atoms with E-state index in [-0.39, 0.29) is 92.5 Å². The third kappa shape index (κ3) is 20.0. The lowest BCUT2D eigenvalue weighted by Gasteiger charge is -2.15. The maximum atomic E-state index is 13.0. The zero-order valence-corrected chi connectivity index (χ0v) is 57.8. The standard InChI is InChI=1S/2C30H29NO3.C29H27NO3/c1-20-7-14-27(21(2)15-20)30(33)34-19-22-8-12-25(13-9-22)28(18-31)29(32)17-23-10-11-24-5-3-4-6-26(24)16-23;1-20-13-21(2)15-27(14-20)30(33)34-19-22-7-11-25(12-8-22)28(18-31)29(32)17-23-9-10-24-5-3-4-6-26(24)16-23;1-20-6-11-25(12-7-20)29(32)33-19-21-8-14-24(15-9-21)27(18-30)28(31)17-22-10-13-23-4-2-3-5-26(23)16-22/h2*3-16,28H,17-19,31H2,1-2H3;2-16,27H,17-19,30H2,1H3. The van der Waals surface area contributed by atoms with Crippen LogP contribution in [0.25, 0.3) is 32.3 Å². The molecule has 0 amide bonds. The summed E-state index contributed by atoms with van der Waals surface area (Å²) in [6.45, 7) is 11.0. The fraction of sp³-hybridized carbons (Fsp3) is 0.191. The molecule has 0 radical (unpaired) electrons. The van der Waals surface area contributed by atoms with Gasteiger partial charge < -0.3 is 31.4 Å². The van der Waals surface area contributed by atoms with E-state index < -0.39 is 0 Å². The van der Waals surface area contributed by atoms with Gasteiger partial charge >= 0.3 is 17.9 Å². The van der Waals surface area contributed by atoms with E-state index in [9.17, 15) is 28.8 Å². The van der Waals surface area contributed by atoms with Crippen LogP contribution in [0.2, 0.25) is 0 Å². The molecule has 101 heavy (non-hydrogen) atoms. The first-order valence-corrected chi connectivity index (χ1v) is 34.0. The highest BCUT2D eigenvalue weighted by Crippen LogP contribution is 2.27. The number of ether oxygens (including phenoxy) is 3. The molecule has 0 spiro atoms. The van der Waals surface area contributed by atoms with Crippen molar-refractivity contribution in [2.75, 3.05) is 19.6 Å². The number of ketones is 3. The summed E-state index contributed by atoms with van der Waals surface area (Å²) in [5.74, 6) is -1.90. The van der Waals surface area contributed by atoms with Gasteiger partial charge in [0.25, 0.3) is 0 Å². The third-order valence-electron chi connectivity index (χ3n) is 18.1. The Hall–Kier alpha value is -11.3. The maximum absolute atomic E-state index is 13.0. The van der Waals surface area contributed by atoms with Gasteiger partial charge in [-0.15, -0.1) is 0 Å². The third-order valence-corrected chi connectivity index (χ3v) is 18.1. The fourth-order valence-corrected chi connectivity index (χ4v) is 12.4. The first kappa shape index (κ1) is 72.5. The highest BCUT2D eigenvalue weighted by atomic mass is 16.5. The number of fused-ring (bicyclic) bond motifs is 3. The van der Waals surface area contributed by atoms with Crippen molar-refractivity contribution in [1.82, 2.24) is 0 Å². The maximum Gasteiger partial charge on any atom is 0.338 e. The molecule has 0 fully saturated rings. The zero-order chi connectivity index (χ0) is 71.4. The number of Topliss-reactive ketones (excluding diaryl/α,β-unsaturated/α-hetero) is 3. The van der Waals surface area contributed by atoms with Gasteiger partial charge in [0.05, 0.1) is 34.4 Å². The number of nitrogens with two attached hydrogens (primary N) is 3. The molecule has 0 bridgehead atoms. The number of hydrogen-bond acceptors (Lipinski definition) is 12. The van der Waals surface area contributed by atoms with Crippen LogP contribution in [-0.4, -0.2) is 54.9 Å². The van der Waals surface area contributed by atoms with Gasteiger partial charge in [0.2, 0.25) is 0 Å². The van der Waals surface area contributed by atoms with Crippen molar-refractivity contribution in [1.29, 1.82) is 0 Å². The minimum atomic E-state index is -0.377. The minimum absolute atomic E-state index is 0.0892. The number of carbonyl (C=O) groups is 6. The topological polar surface area (TPSA) is 208 Å². The lowest BCUT2D eigenvalue weighted by molar-refractivity contribution is -0.120. The lowest BCUT2D eigenvalue weighted by Crippen LogP contribution is -2.23. The predicted octanol–water partition coefficient (Wildman–Crippen LogP) is 16.7.